The van der Waals surface area contributed by atoms with Gasteiger partial charge in [-0.3, -0.25) is 0 Å². The zero-order valence-electron chi connectivity index (χ0n) is 22.5. The van der Waals surface area contributed by atoms with E-state index in [0.717, 1.165) is 48.4 Å². The predicted octanol–water partition coefficient (Wildman–Crippen LogP) is 8.00. The summed E-state index contributed by atoms with van der Waals surface area (Å²) < 4.78 is 59.5. The summed E-state index contributed by atoms with van der Waals surface area (Å²) in [5.41, 5.74) is 10.5. The molecule has 1 aliphatic heterocycles. The molecule has 0 amide bonds. The molecule has 216 valence electrons. The van der Waals surface area contributed by atoms with Gasteiger partial charge in [-0.2, -0.15) is 18.3 Å². The van der Waals surface area contributed by atoms with Crippen molar-refractivity contribution in [1.82, 2.24) is 14.6 Å². The number of aromatic nitrogens is 3. The minimum atomic E-state index is -4.61. The Bertz CT molecular complexity index is 1580. The molecule has 7 nitrogen and oxygen atoms in total. The summed E-state index contributed by atoms with van der Waals surface area (Å²) in [4.78, 5) is 4.33. The van der Waals surface area contributed by atoms with Gasteiger partial charge in [0.1, 0.15) is 17.6 Å². The molecular formula is C30H30ClF3N4O3. The first-order valence-electron chi connectivity index (χ1n) is 13.7. The van der Waals surface area contributed by atoms with Crippen molar-refractivity contribution < 1.29 is 27.4 Å². The Morgan fingerprint density at radius 1 is 1.00 bits per heavy atom. The molecule has 1 aliphatic carbocycles. The van der Waals surface area contributed by atoms with Crippen molar-refractivity contribution in [2.24, 2.45) is 0 Å². The van der Waals surface area contributed by atoms with Gasteiger partial charge in [0, 0.05) is 24.7 Å². The van der Waals surface area contributed by atoms with E-state index < -0.39 is 16.8 Å². The van der Waals surface area contributed by atoms with Gasteiger partial charge in [-0.25, -0.2) is 9.50 Å². The predicted molar refractivity (Wildman–Crippen MR) is 150 cm³/mol. The van der Waals surface area contributed by atoms with Crippen LogP contribution in [0.3, 0.4) is 0 Å². The summed E-state index contributed by atoms with van der Waals surface area (Å²) >= 11 is 5.79. The standard InChI is InChI=1S/C30H30ClF3N4O3/c1-39-24-14-19(6-9-23(24)41-20-7-8-22(31)21(15-20)30(32,33)34)26-25(17-10-12-40-13-11-17)27(18-4-2-3-5-18)38-28(26)29(35)36-16-37-38/h6-9,14-18H,2-5,10-13H2,1H3,(H2,35,36,37). The maximum absolute atomic E-state index is 13.4. The summed E-state index contributed by atoms with van der Waals surface area (Å²) in [6.45, 7) is 1.36. The van der Waals surface area contributed by atoms with Crippen LogP contribution in [0.25, 0.3) is 16.6 Å². The molecular weight excluding hydrogens is 557 g/mol. The second-order valence-corrected chi connectivity index (χ2v) is 11.0. The molecule has 0 bridgehead atoms. The second kappa shape index (κ2) is 11.1. The van der Waals surface area contributed by atoms with Crippen molar-refractivity contribution in [2.45, 2.75) is 56.5 Å². The minimum absolute atomic E-state index is 0.00819. The number of nitrogens with zero attached hydrogens (tertiary/aromatic N) is 3. The van der Waals surface area contributed by atoms with Crippen LogP contribution in [0.4, 0.5) is 19.0 Å². The molecule has 2 aromatic carbocycles. The lowest BCUT2D eigenvalue weighted by atomic mass is 9.83. The molecule has 41 heavy (non-hydrogen) atoms. The van der Waals surface area contributed by atoms with E-state index in [0.29, 0.717) is 30.7 Å². The van der Waals surface area contributed by atoms with Crippen LogP contribution < -0.4 is 15.2 Å². The average molecular weight is 587 g/mol. The van der Waals surface area contributed by atoms with Gasteiger partial charge in [-0.15, -0.1) is 0 Å². The van der Waals surface area contributed by atoms with E-state index in [9.17, 15) is 13.2 Å². The van der Waals surface area contributed by atoms with Gasteiger partial charge in [0.05, 0.1) is 23.4 Å². The molecule has 2 aromatic heterocycles. The maximum atomic E-state index is 13.4. The second-order valence-electron chi connectivity index (χ2n) is 10.6. The number of benzene rings is 2. The number of ether oxygens (including phenoxy) is 3. The summed E-state index contributed by atoms with van der Waals surface area (Å²) in [7, 11) is 1.49. The van der Waals surface area contributed by atoms with Gasteiger partial charge in [0.25, 0.3) is 0 Å². The number of alkyl halides is 3. The number of anilines is 1. The Morgan fingerprint density at radius 2 is 1.76 bits per heavy atom. The van der Waals surface area contributed by atoms with E-state index in [1.54, 1.807) is 6.07 Å². The monoisotopic (exact) mass is 586 g/mol. The van der Waals surface area contributed by atoms with E-state index in [1.165, 1.54) is 49.7 Å². The first-order valence-corrected chi connectivity index (χ1v) is 14.1. The first-order chi connectivity index (χ1) is 19.8. The van der Waals surface area contributed by atoms with E-state index in [-0.39, 0.29) is 17.4 Å². The van der Waals surface area contributed by atoms with E-state index >= 15 is 0 Å². The molecule has 1 saturated carbocycles. The van der Waals surface area contributed by atoms with Gasteiger partial charge >= 0.3 is 6.18 Å². The number of nitrogens with two attached hydrogens (primary N) is 1. The van der Waals surface area contributed by atoms with Crippen LogP contribution in [0, 0.1) is 0 Å². The van der Waals surface area contributed by atoms with Crippen LogP contribution in [0.5, 0.6) is 17.2 Å². The zero-order valence-corrected chi connectivity index (χ0v) is 23.3. The van der Waals surface area contributed by atoms with Gasteiger partial charge in [0.2, 0.25) is 0 Å². The number of fused-ring (bicyclic) bond motifs is 1. The summed E-state index contributed by atoms with van der Waals surface area (Å²) in [5.74, 6) is 1.62. The number of rotatable bonds is 6. The third-order valence-electron chi connectivity index (χ3n) is 8.12. The van der Waals surface area contributed by atoms with Crippen molar-refractivity contribution in [3.05, 3.63) is 64.6 Å². The van der Waals surface area contributed by atoms with Crippen molar-refractivity contribution in [3.8, 4) is 28.4 Å². The van der Waals surface area contributed by atoms with Crippen molar-refractivity contribution >= 4 is 22.9 Å². The molecule has 6 rings (SSSR count). The molecule has 3 heterocycles. The number of halogens is 4. The largest absolute Gasteiger partial charge is 0.493 e. The highest BCUT2D eigenvalue weighted by Crippen LogP contribution is 2.49. The molecule has 2 aliphatic rings. The Labute approximate surface area is 240 Å². The third-order valence-corrected chi connectivity index (χ3v) is 8.45. The Balaban J connectivity index is 1.49. The van der Waals surface area contributed by atoms with E-state index in [4.69, 9.17) is 31.5 Å². The molecule has 4 aromatic rings. The average Bonchev–Trinajstić information content (AvgIpc) is 3.61. The van der Waals surface area contributed by atoms with Gasteiger partial charge in [0.15, 0.2) is 17.3 Å². The highest BCUT2D eigenvalue weighted by atomic mass is 35.5. The minimum Gasteiger partial charge on any atom is -0.493 e. The molecule has 2 N–H and O–H groups in total. The van der Waals surface area contributed by atoms with Crippen LogP contribution in [0.2, 0.25) is 5.02 Å². The van der Waals surface area contributed by atoms with Crippen LogP contribution in [-0.2, 0) is 10.9 Å². The Hall–Kier alpha value is -3.50. The van der Waals surface area contributed by atoms with Crippen LogP contribution in [0.15, 0.2) is 42.7 Å². The lowest BCUT2D eigenvalue weighted by Crippen LogP contribution is -2.16. The van der Waals surface area contributed by atoms with Crippen LogP contribution >= 0.6 is 11.6 Å². The highest BCUT2D eigenvalue weighted by Gasteiger charge is 2.35. The molecule has 0 unspecified atom stereocenters. The normalized spacial score (nSPS) is 16.9. The van der Waals surface area contributed by atoms with E-state index in [1.807, 2.05) is 16.6 Å². The summed E-state index contributed by atoms with van der Waals surface area (Å²) in [6, 6.07) is 8.85. The fourth-order valence-electron chi connectivity index (χ4n) is 6.26. The van der Waals surface area contributed by atoms with E-state index in [2.05, 4.69) is 10.1 Å². The smallest absolute Gasteiger partial charge is 0.417 e. The molecule has 0 atom stereocenters. The maximum Gasteiger partial charge on any atom is 0.417 e. The SMILES string of the molecule is COc1cc(-c2c(C3CCOCC3)c(C3CCCC3)n3ncnc(N)c23)ccc1Oc1ccc(Cl)c(C(F)(F)F)c1. The summed E-state index contributed by atoms with van der Waals surface area (Å²) in [6.07, 6.45) is 3.16. The topological polar surface area (TPSA) is 83.9 Å². The molecule has 0 spiro atoms. The zero-order chi connectivity index (χ0) is 28.7. The Kier molecular flexibility index (Phi) is 7.46. The number of methoxy groups -OCH3 is 1. The molecule has 1 saturated heterocycles. The van der Waals surface area contributed by atoms with Gasteiger partial charge < -0.3 is 19.9 Å². The molecule has 0 radical (unpaired) electrons. The number of hydrogen-bond acceptors (Lipinski definition) is 6. The molecule has 2 fully saturated rings. The Morgan fingerprint density at radius 3 is 2.46 bits per heavy atom. The quantitative estimate of drug-likeness (QED) is 0.246. The number of hydrogen-bond donors (Lipinski definition) is 1. The lowest BCUT2D eigenvalue weighted by molar-refractivity contribution is -0.137. The van der Waals surface area contributed by atoms with Crippen LogP contribution in [-0.4, -0.2) is 34.9 Å². The fraction of sp³-hybridized carbons (Fsp3) is 0.400. The third kappa shape index (κ3) is 5.19. The van der Waals surface area contributed by atoms with Gasteiger partial charge in [-0.05, 0) is 73.1 Å². The van der Waals surface area contributed by atoms with Crippen molar-refractivity contribution in [3.63, 3.8) is 0 Å². The van der Waals surface area contributed by atoms with Crippen LogP contribution in [0.1, 0.15) is 67.2 Å². The van der Waals surface area contributed by atoms with Gasteiger partial charge in [-0.1, -0.05) is 30.5 Å². The summed E-state index contributed by atoms with van der Waals surface area (Å²) in [5, 5.41) is 4.28. The fourth-order valence-corrected chi connectivity index (χ4v) is 6.48. The number of nitrogen functional groups attached to an aromatic ring is 1. The van der Waals surface area contributed by atoms with Crippen molar-refractivity contribution in [1.29, 1.82) is 0 Å². The first kappa shape index (κ1) is 27.7. The molecule has 11 heteroatoms. The highest BCUT2D eigenvalue weighted by molar-refractivity contribution is 6.31. The van der Waals surface area contributed by atoms with Crippen molar-refractivity contribution in [2.75, 3.05) is 26.1 Å². The lowest BCUT2D eigenvalue weighted by Gasteiger charge is -2.26.